The average Bonchev–Trinajstić information content (AvgIpc) is 2.74. The molecule has 2 heterocycles. The van der Waals surface area contributed by atoms with Crippen molar-refractivity contribution in [1.82, 2.24) is 9.97 Å². The van der Waals surface area contributed by atoms with Gasteiger partial charge in [0, 0.05) is 13.7 Å². The van der Waals surface area contributed by atoms with E-state index in [0.29, 0.717) is 5.92 Å². The van der Waals surface area contributed by atoms with Crippen LogP contribution in [-0.2, 0) is 4.74 Å². The van der Waals surface area contributed by atoms with E-state index >= 15 is 0 Å². The minimum absolute atomic E-state index is 0.279. The molecule has 1 unspecified atom stereocenters. The zero-order chi connectivity index (χ0) is 12.3. The minimum atomic E-state index is 0.279. The van der Waals surface area contributed by atoms with Gasteiger partial charge in [0.05, 0.1) is 12.0 Å². The quantitative estimate of drug-likeness (QED) is 0.849. The molecule has 0 radical (unpaired) electrons. The lowest BCUT2D eigenvalue weighted by molar-refractivity contribution is 0.164. The molecule has 0 aromatic carbocycles. The van der Waals surface area contributed by atoms with Gasteiger partial charge in [-0.2, -0.15) is 0 Å². The second kappa shape index (κ2) is 5.62. The number of nitrogens with one attached hydrogen (secondary N) is 1. The van der Waals surface area contributed by atoms with Gasteiger partial charge in [-0.3, -0.25) is 0 Å². The Labute approximate surface area is 109 Å². The summed E-state index contributed by atoms with van der Waals surface area (Å²) in [7, 11) is 1.70. The minimum Gasteiger partial charge on any atom is -0.384 e. The van der Waals surface area contributed by atoms with E-state index in [1.54, 1.807) is 18.4 Å². The Balaban J connectivity index is 2.14. The van der Waals surface area contributed by atoms with Crippen LogP contribution in [0.25, 0.3) is 10.2 Å². The molecule has 0 bridgehead atoms. The molecule has 1 atom stereocenters. The third kappa shape index (κ3) is 3.06. The number of anilines is 1. The SMILES string of the molecule is COCC(C)CNc1nc(Cl)nc2sccc12. The average molecular weight is 272 g/mol. The lowest BCUT2D eigenvalue weighted by atomic mass is 10.2. The fourth-order valence-corrected chi connectivity index (χ4v) is 2.56. The van der Waals surface area contributed by atoms with Crippen LogP contribution < -0.4 is 5.32 Å². The molecule has 0 fully saturated rings. The lowest BCUT2D eigenvalue weighted by Crippen LogP contribution is -2.16. The van der Waals surface area contributed by atoms with Crippen molar-refractivity contribution < 1.29 is 4.74 Å². The van der Waals surface area contributed by atoms with Crippen molar-refractivity contribution in [3.05, 3.63) is 16.7 Å². The Hall–Kier alpha value is -0.910. The van der Waals surface area contributed by atoms with Crippen molar-refractivity contribution in [2.75, 3.05) is 25.6 Å². The van der Waals surface area contributed by atoms with Crippen LogP contribution in [0.1, 0.15) is 6.92 Å². The molecule has 2 rings (SSSR count). The van der Waals surface area contributed by atoms with Crippen LogP contribution >= 0.6 is 22.9 Å². The summed E-state index contributed by atoms with van der Waals surface area (Å²) in [5, 5.41) is 6.57. The Bertz CT molecular complexity index is 502. The van der Waals surface area contributed by atoms with Gasteiger partial charge in [-0.15, -0.1) is 11.3 Å². The molecule has 0 amide bonds. The van der Waals surface area contributed by atoms with E-state index in [9.17, 15) is 0 Å². The third-order valence-electron chi connectivity index (χ3n) is 2.37. The van der Waals surface area contributed by atoms with Gasteiger partial charge in [0.15, 0.2) is 0 Å². The molecule has 4 nitrogen and oxygen atoms in total. The van der Waals surface area contributed by atoms with Crippen LogP contribution in [-0.4, -0.2) is 30.2 Å². The van der Waals surface area contributed by atoms with E-state index in [0.717, 1.165) is 29.2 Å². The Morgan fingerprint density at radius 3 is 3.12 bits per heavy atom. The summed E-state index contributed by atoms with van der Waals surface area (Å²) in [4.78, 5) is 9.29. The molecule has 0 spiro atoms. The van der Waals surface area contributed by atoms with Crippen LogP contribution in [0.3, 0.4) is 0 Å². The first-order chi connectivity index (χ1) is 8.20. The molecule has 0 aliphatic carbocycles. The van der Waals surface area contributed by atoms with E-state index in [1.807, 2.05) is 11.4 Å². The van der Waals surface area contributed by atoms with Crippen molar-refractivity contribution in [1.29, 1.82) is 0 Å². The van der Waals surface area contributed by atoms with Crippen molar-refractivity contribution in [3.63, 3.8) is 0 Å². The molecular formula is C11H14ClN3OS. The summed E-state index contributed by atoms with van der Waals surface area (Å²) in [5.41, 5.74) is 0. The number of aromatic nitrogens is 2. The van der Waals surface area contributed by atoms with Crippen molar-refractivity contribution in [2.45, 2.75) is 6.92 Å². The monoisotopic (exact) mass is 271 g/mol. The summed E-state index contributed by atoms with van der Waals surface area (Å²) in [6, 6.07) is 2.00. The fraction of sp³-hybridized carbons (Fsp3) is 0.455. The zero-order valence-corrected chi connectivity index (χ0v) is 11.3. The normalized spacial score (nSPS) is 12.9. The highest BCUT2D eigenvalue weighted by Gasteiger charge is 2.08. The van der Waals surface area contributed by atoms with E-state index in [1.165, 1.54) is 0 Å². The van der Waals surface area contributed by atoms with Crippen LogP contribution in [0.15, 0.2) is 11.4 Å². The number of ether oxygens (including phenoxy) is 1. The Morgan fingerprint density at radius 2 is 2.35 bits per heavy atom. The number of rotatable bonds is 5. The molecule has 2 aromatic rings. The summed E-state index contributed by atoms with van der Waals surface area (Å²) in [5.74, 6) is 1.21. The van der Waals surface area contributed by atoms with Crippen LogP contribution in [0.5, 0.6) is 0 Å². The number of fused-ring (bicyclic) bond motifs is 1. The summed E-state index contributed by atoms with van der Waals surface area (Å²) >= 11 is 7.44. The van der Waals surface area contributed by atoms with Crippen molar-refractivity contribution >= 4 is 39.0 Å². The highest BCUT2D eigenvalue weighted by Crippen LogP contribution is 2.26. The van der Waals surface area contributed by atoms with Gasteiger partial charge in [0.1, 0.15) is 10.6 Å². The van der Waals surface area contributed by atoms with Crippen molar-refractivity contribution in [2.24, 2.45) is 5.92 Å². The molecule has 17 heavy (non-hydrogen) atoms. The molecule has 92 valence electrons. The number of nitrogens with zero attached hydrogens (tertiary/aromatic N) is 2. The maximum atomic E-state index is 5.88. The second-order valence-corrected chi connectivity index (χ2v) is 5.15. The highest BCUT2D eigenvalue weighted by atomic mass is 35.5. The van der Waals surface area contributed by atoms with Gasteiger partial charge < -0.3 is 10.1 Å². The highest BCUT2D eigenvalue weighted by molar-refractivity contribution is 7.16. The molecule has 0 saturated heterocycles. The van der Waals surface area contributed by atoms with Crippen LogP contribution in [0.2, 0.25) is 5.28 Å². The molecular weight excluding hydrogens is 258 g/mol. The summed E-state index contributed by atoms with van der Waals surface area (Å²) < 4.78 is 5.09. The summed E-state index contributed by atoms with van der Waals surface area (Å²) in [6.45, 7) is 3.63. The predicted molar refractivity (Wildman–Crippen MR) is 72.0 cm³/mol. The molecule has 1 N–H and O–H groups in total. The van der Waals surface area contributed by atoms with Gasteiger partial charge >= 0.3 is 0 Å². The number of hydrogen-bond acceptors (Lipinski definition) is 5. The van der Waals surface area contributed by atoms with Gasteiger partial charge in [-0.1, -0.05) is 6.92 Å². The number of hydrogen-bond donors (Lipinski definition) is 1. The standard InChI is InChI=1S/C11H14ClN3OS/c1-7(6-16-2)5-13-9-8-3-4-17-10(8)15-11(12)14-9/h3-4,7H,5-6H2,1-2H3,(H,13,14,15). The van der Waals surface area contributed by atoms with Crippen LogP contribution in [0.4, 0.5) is 5.82 Å². The largest absolute Gasteiger partial charge is 0.384 e. The Kier molecular flexibility index (Phi) is 4.15. The molecule has 6 heteroatoms. The molecule has 2 aromatic heterocycles. The maximum absolute atomic E-state index is 5.88. The molecule has 0 aliphatic heterocycles. The number of halogens is 1. The van der Waals surface area contributed by atoms with E-state index in [4.69, 9.17) is 16.3 Å². The number of methoxy groups -OCH3 is 1. The van der Waals surface area contributed by atoms with E-state index in [-0.39, 0.29) is 5.28 Å². The molecule has 0 aliphatic rings. The first kappa shape index (κ1) is 12.5. The first-order valence-corrected chi connectivity index (χ1v) is 6.60. The van der Waals surface area contributed by atoms with Crippen molar-refractivity contribution in [3.8, 4) is 0 Å². The van der Waals surface area contributed by atoms with E-state index < -0.39 is 0 Å². The topological polar surface area (TPSA) is 47.0 Å². The fourth-order valence-electron chi connectivity index (χ4n) is 1.58. The number of thiophene rings is 1. The summed E-state index contributed by atoms with van der Waals surface area (Å²) in [6.07, 6.45) is 0. The van der Waals surface area contributed by atoms with Gasteiger partial charge in [-0.25, -0.2) is 9.97 Å². The lowest BCUT2D eigenvalue weighted by Gasteiger charge is -2.12. The zero-order valence-electron chi connectivity index (χ0n) is 9.74. The van der Waals surface area contributed by atoms with Gasteiger partial charge in [-0.05, 0) is 29.0 Å². The molecule has 0 saturated carbocycles. The first-order valence-electron chi connectivity index (χ1n) is 5.34. The van der Waals surface area contributed by atoms with E-state index in [2.05, 4.69) is 22.2 Å². The second-order valence-electron chi connectivity index (χ2n) is 3.92. The van der Waals surface area contributed by atoms with Crippen LogP contribution in [0, 0.1) is 5.92 Å². The maximum Gasteiger partial charge on any atom is 0.225 e. The predicted octanol–water partition coefficient (Wildman–Crippen LogP) is 3.04. The third-order valence-corrected chi connectivity index (χ3v) is 3.34. The smallest absolute Gasteiger partial charge is 0.225 e. The van der Waals surface area contributed by atoms with Gasteiger partial charge in [0.2, 0.25) is 5.28 Å². The Morgan fingerprint density at radius 1 is 1.53 bits per heavy atom. The van der Waals surface area contributed by atoms with Gasteiger partial charge in [0.25, 0.3) is 0 Å².